The third kappa shape index (κ3) is 3.14. The molecule has 1 N–H and O–H groups in total. The summed E-state index contributed by atoms with van der Waals surface area (Å²) in [7, 11) is 1.88. The van der Waals surface area contributed by atoms with Crippen molar-refractivity contribution in [3.63, 3.8) is 0 Å². The zero-order chi connectivity index (χ0) is 12.1. The standard InChI is InChI=1S/C14H13FN2/c1-16-13-6-4-11(5-7-13)2-3-12-8-9-17-14(15)10-12/h2-10,16H,1H3/b3-2+/i15-1. The third-order valence-electron chi connectivity index (χ3n) is 2.42. The molecule has 0 radical (unpaired) electrons. The molecular formula is C14H13FN2. The molecule has 2 nitrogen and oxygen atoms in total. The largest absolute Gasteiger partial charge is 0.388 e. The SMILES string of the molecule is CNc1ccc(/C=C/c2ccnc([18F])c2)cc1. The highest BCUT2D eigenvalue weighted by Gasteiger charge is 1.92. The first-order valence-corrected chi connectivity index (χ1v) is 5.35. The second-order valence-electron chi connectivity index (χ2n) is 3.62. The van der Waals surface area contributed by atoms with Crippen LogP contribution in [0.2, 0.25) is 0 Å². The van der Waals surface area contributed by atoms with E-state index in [0.29, 0.717) is 0 Å². The predicted molar refractivity (Wildman–Crippen MR) is 69.1 cm³/mol. The molecule has 0 spiro atoms. The average Bonchev–Trinajstić information content (AvgIpc) is 2.37. The number of anilines is 1. The predicted octanol–water partition coefficient (Wildman–Crippen LogP) is 3.43. The van der Waals surface area contributed by atoms with Gasteiger partial charge in [-0.1, -0.05) is 24.3 Å². The molecule has 86 valence electrons. The maximum atomic E-state index is 12.8. The van der Waals surface area contributed by atoms with Gasteiger partial charge in [-0.05, 0) is 29.3 Å². The van der Waals surface area contributed by atoms with Crippen LogP contribution in [0.3, 0.4) is 0 Å². The first-order chi connectivity index (χ1) is 8.28. The van der Waals surface area contributed by atoms with Gasteiger partial charge in [-0.15, -0.1) is 0 Å². The molecule has 0 unspecified atom stereocenters. The van der Waals surface area contributed by atoms with E-state index < -0.39 is 5.95 Å². The summed E-state index contributed by atoms with van der Waals surface area (Å²) in [5.74, 6) is -0.460. The molecule has 2 rings (SSSR count). The van der Waals surface area contributed by atoms with Crippen LogP contribution < -0.4 is 5.32 Å². The Labute approximate surface area is 99.8 Å². The van der Waals surface area contributed by atoms with E-state index in [-0.39, 0.29) is 0 Å². The van der Waals surface area contributed by atoms with E-state index in [1.165, 1.54) is 12.3 Å². The van der Waals surface area contributed by atoms with Gasteiger partial charge in [-0.2, -0.15) is 4.39 Å². The van der Waals surface area contributed by atoms with Crippen LogP contribution in [0.25, 0.3) is 12.2 Å². The van der Waals surface area contributed by atoms with Gasteiger partial charge in [-0.25, -0.2) is 4.98 Å². The number of benzene rings is 1. The van der Waals surface area contributed by atoms with Crippen LogP contribution in [-0.4, -0.2) is 12.0 Å². The van der Waals surface area contributed by atoms with Crippen molar-refractivity contribution in [2.24, 2.45) is 0 Å². The summed E-state index contributed by atoms with van der Waals surface area (Å²) < 4.78 is 12.8. The minimum atomic E-state index is -0.460. The van der Waals surface area contributed by atoms with Crippen molar-refractivity contribution in [1.29, 1.82) is 0 Å². The van der Waals surface area contributed by atoms with Crippen LogP contribution in [0.15, 0.2) is 42.6 Å². The highest BCUT2D eigenvalue weighted by atomic mass is 18.2. The number of rotatable bonds is 3. The quantitative estimate of drug-likeness (QED) is 0.812. The third-order valence-corrected chi connectivity index (χ3v) is 2.42. The van der Waals surface area contributed by atoms with Crippen LogP contribution in [0, 0.1) is 5.95 Å². The molecule has 0 aliphatic carbocycles. The molecule has 1 aromatic carbocycles. The lowest BCUT2D eigenvalue weighted by molar-refractivity contribution is 0.583. The summed E-state index contributed by atoms with van der Waals surface area (Å²) in [5, 5.41) is 3.05. The van der Waals surface area contributed by atoms with E-state index in [1.54, 1.807) is 6.07 Å². The number of pyridine rings is 1. The van der Waals surface area contributed by atoms with Gasteiger partial charge >= 0.3 is 0 Å². The molecule has 2 aromatic rings. The second kappa shape index (κ2) is 5.25. The highest BCUT2D eigenvalue weighted by molar-refractivity contribution is 5.70. The van der Waals surface area contributed by atoms with Gasteiger partial charge < -0.3 is 5.32 Å². The first-order valence-electron chi connectivity index (χ1n) is 5.35. The van der Waals surface area contributed by atoms with Crippen molar-refractivity contribution >= 4 is 17.8 Å². The summed E-state index contributed by atoms with van der Waals surface area (Å²) in [4.78, 5) is 3.51. The fourth-order valence-corrected chi connectivity index (χ4v) is 1.47. The van der Waals surface area contributed by atoms with E-state index in [4.69, 9.17) is 0 Å². The van der Waals surface area contributed by atoms with Crippen LogP contribution in [0.1, 0.15) is 11.1 Å². The van der Waals surface area contributed by atoms with Crippen LogP contribution in [0.5, 0.6) is 0 Å². The molecule has 1 heterocycles. The normalized spacial score (nSPS) is 10.7. The maximum Gasteiger partial charge on any atom is 0.213 e. The Morgan fingerprint density at radius 1 is 1.06 bits per heavy atom. The molecule has 3 heteroatoms. The van der Waals surface area contributed by atoms with Crippen molar-refractivity contribution in [3.8, 4) is 0 Å². The summed E-state index contributed by atoms with van der Waals surface area (Å²) in [6.07, 6.45) is 5.26. The monoisotopic (exact) mass is 227 g/mol. The minimum absolute atomic E-state index is 0.460. The molecule has 0 aliphatic heterocycles. The van der Waals surface area contributed by atoms with Crippen LogP contribution in [0.4, 0.5) is 10.1 Å². The fourth-order valence-electron chi connectivity index (χ4n) is 1.47. The molecule has 0 fully saturated rings. The summed E-state index contributed by atoms with van der Waals surface area (Å²) in [6.45, 7) is 0. The zero-order valence-corrected chi connectivity index (χ0v) is 9.52. The molecule has 0 bridgehead atoms. The number of nitrogens with one attached hydrogen (secondary N) is 1. The maximum absolute atomic E-state index is 12.8. The Bertz CT molecular complexity index is 518. The van der Waals surface area contributed by atoms with Crippen molar-refractivity contribution in [2.45, 2.75) is 0 Å². The number of hydrogen-bond acceptors (Lipinski definition) is 2. The number of nitrogens with zero attached hydrogens (tertiary/aromatic N) is 1. The molecule has 0 aliphatic rings. The summed E-state index contributed by atoms with van der Waals surface area (Å²) in [6, 6.07) is 11.2. The van der Waals surface area contributed by atoms with Gasteiger partial charge in [0.15, 0.2) is 0 Å². The zero-order valence-electron chi connectivity index (χ0n) is 9.52. The van der Waals surface area contributed by atoms with Gasteiger partial charge in [0.05, 0.1) is 0 Å². The van der Waals surface area contributed by atoms with Gasteiger partial charge in [0, 0.05) is 25.0 Å². The molecule has 1 aromatic heterocycles. The van der Waals surface area contributed by atoms with E-state index in [1.807, 2.05) is 43.5 Å². The lowest BCUT2D eigenvalue weighted by Gasteiger charge is -1.99. The Morgan fingerprint density at radius 2 is 1.76 bits per heavy atom. The molecule has 0 amide bonds. The topological polar surface area (TPSA) is 24.9 Å². The number of halogens is 1. The Kier molecular flexibility index (Phi) is 3.50. The number of aromatic nitrogens is 1. The Hall–Kier alpha value is -2.16. The average molecular weight is 227 g/mol. The molecule has 0 saturated heterocycles. The van der Waals surface area contributed by atoms with E-state index in [2.05, 4.69) is 10.3 Å². The molecule has 17 heavy (non-hydrogen) atoms. The summed E-state index contributed by atoms with van der Waals surface area (Å²) in [5.41, 5.74) is 2.94. The van der Waals surface area contributed by atoms with E-state index >= 15 is 0 Å². The lowest BCUT2D eigenvalue weighted by Crippen LogP contribution is -1.86. The van der Waals surface area contributed by atoms with Gasteiger partial charge in [0.2, 0.25) is 5.95 Å². The fraction of sp³-hybridized carbons (Fsp3) is 0.0714. The van der Waals surface area contributed by atoms with Gasteiger partial charge in [0.25, 0.3) is 0 Å². The highest BCUT2D eigenvalue weighted by Crippen LogP contribution is 2.12. The van der Waals surface area contributed by atoms with E-state index in [9.17, 15) is 4.39 Å². The Balaban J connectivity index is 2.14. The van der Waals surface area contributed by atoms with E-state index in [0.717, 1.165) is 16.8 Å². The molecule has 0 atom stereocenters. The molecule has 0 saturated carbocycles. The van der Waals surface area contributed by atoms with Crippen molar-refractivity contribution in [3.05, 3.63) is 59.7 Å². The second-order valence-corrected chi connectivity index (χ2v) is 3.62. The smallest absolute Gasteiger partial charge is 0.213 e. The van der Waals surface area contributed by atoms with Crippen molar-refractivity contribution in [2.75, 3.05) is 12.4 Å². The Morgan fingerprint density at radius 3 is 2.41 bits per heavy atom. The van der Waals surface area contributed by atoms with Crippen LogP contribution in [-0.2, 0) is 0 Å². The summed E-state index contributed by atoms with van der Waals surface area (Å²) >= 11 is 0. The van der Waals surface area contributed by atoms with Crippen molar-refractivity contribution < 1.29 is 4.39 Å². The molecular weight excluding hydrogens is 214 g/mol. The first kappa shape index (κ1) is 11.3. The minimum Gasteiger partial charge on any atom is -0.388 e. The van der Waals surface area contributed by atoms with Crippen molar-refractivity contribution in [1.82, 2.24) is 4.98 Å². The lowest BCUT2D eigenvalue weighted by atomic mass is 10.1. The number of hydrogen-bond donors (Lipinski definition) is 1. The van der Waals surface area contributed by atoms with Gasteiger partial charge in [0.1, 0.15) is 0 Å². The van der Waals surface area contributed by atoms with Gasteiger partial charge in [-0.3, -0.25) is 0 Å². The van der Waals surface area contributed by atoms with Crippen LogP contribution >= 0.6 is 0 Å².